The Labute approximate surface area is 76.7 Å². The van der Waals surface area contributed by atoms with Gasteiger partial charge in [-0.25, -0.2) is 0 Å². The summed E-state index contributed by atoms with van der Waals surface area (Å²) in [5.74, 6) is 0. The molecule has 11 heavy (non-hydrogen) atoms. The number of alkyl halides is 3. The van der Waals surface area contributed by atoms with Gasteiger partial charge in [-0.2, -0.15) is 13.2 Å². The van der Waals surface area contributed by atoms with E-state index in [0.717, 1.165) is 12.1 Å². The van der Waals surface area contributed by atoms with Gasteiger partial charge in [0.15, 0.2) is 0 Å². The second kappa shape index (κ2) is 3.91. The molecule has 60 valence electrons. The van der Waals surface area contributed by atoms with E-state index >= 15 is 0 Å². The molecule has 0 bridgehead atoms. The Kier molecular flexibility index (Phi) is 3.80. The van der Waals surface area contributed by atoms with Gasteiger partial charge in [0, 0.05) is 21.1 Å². The van der Waals surface area contributed by atoms with Crippen molar-refractivity contribution in [1.29, 1.82) is 0 Å². The summed E-state index contributed by atoms with van der Waals surface area (Å²) in [6.45, 7) is 0. The second-order valence-corrected chi connectivity index (χ2v) is 1.86. The van der Waals surface area contributed by atoms with Crippen molar-refractivity contribution >= 4 is 0 Å². The molecular weight excluding hydrogens is 325 g/mol. The van der Waals surface area contributed by atoms with Crippen LogP contribution in [0.4, 0.5) is 13.2 Å². The number of rotatable bonds is 0. The zero-order valence-electron chi connectivity index (χ0n) is 5.43. The quantitative estimate of drug-likeness (QED) is 0.686. The monoisotopic (exact) mass is 330 g/mol. The van der Waals surface area contributed by atoms with E-state index in [1.54, 1.807) is 6.07 Å². The van der Waals surface area contributed by atoms with Gasteiger partial charge >= 0.3 is 6.18 Å². The summed E-state index contributed by atoms with van der Waals surface area (Å²) in [5.41, 5.74) is -0.602. The molecule has 0 nitrogen and oxygen atoms in total. The Hall–Kier alpha value is -0.302. The van der Waals surface area contributed by atoms with E-state index in [4.69, 9.17) is 0 Å². The van der Waals surface area contributed by atoms with Gasteiger partial charge in [0.2, 0.25) is 0 Å². The first kappa shape index (κ1) is 10.7. The Bertz CT molecular complexity index is 205. The van der Waals surface area contributed by atoms with Gasteiger partial charge in [0.25, 0.3) is 0 Å². The molecule has 0 N–H and O–H groups in total. The van der Waals surface area contributed by atoms with Crippen molar-refractivity contribution in [3.63, 3.8) is 0 Å². The fraction of sp³-hybridized carbons (Fsp3) is 0.143. The Morgan fingerprint density at radius 3 is 1.64 bits per heavy atom. The van der Waals surface area contributed by atoms with Gasteiger partial charge < -0.3 is 0 Å². The second-order valence-electron chi connectivity index (χ2n) is 1.86. The number of benzene rings is 1. The molecular formula is C7H5F3W. The molecule has 0 aliphatic rings. The van der Waals surface area contributed by atoms with E-state index in [1.807, 2.05) is 0 Å². The molecule has 0 saturated heterocycles. The van der Waals surface area contributed by atoms with E-state index < -0.39 is 11.7 Å². The molecule has 0 amide bonds. The molecule has 0 aromatic heterocycles. The van der Waals surface area contributed by atoms with E-state index in [-0.39, 0.29) is 21.1 Å². The standard InChI is InChI=1S/C7H5F3.W/c8-7(9,10)6-4-2-1-3-5-6;/h1-5H;. The normalized spacial score (nSPS) is 10.5. The molecule has 0 aliphatic heterocycles. The van der Waals surface area contributed by atoms with E-state index in [0.29, 0.717) is 0 Å². The fourth-order valence-corrected chi connectivity index (χ4v) is 0.627. The smallest absolute Gasteiger partial charge is 0.166 e. The molecule has 0 fully saturated rings. The van der Waals surface area contributed by atoms with Gasteiger partial charge in [-0.15, -0.1) is 0 Å². The minimum absolute atomic E-state index is 0. The van der Waals surface area contributed by atoms with E-state index in [1.165, 1.54) is 12.1 Å². The van der Waals surface area contributed by atoms with Gasteiger partial charge in [-0.05, 0) is 0 Å². The van der Waals surface area contributed by atoms with Crippen molar-refractivity contribution in [1.82, 2.24) is 0 Å². The Morgan fingerprint density at radius 2 is 1.36 bits per heavy atom. The maximum absolute atomic E-state index is 11.8. The zero-order chi connectivity index (χ0) is 7.61. The predicted molar refractivity (Wildman–Crippen MR) is 31.4 cm³/mol. The third-order valence-corrected chi connectivity index (χ3v) is 1.10. The van der Waals surface area contributed by atoms with Crippen LogP contribution in [0.3, 0.4) is 0 Å². The van der Waals surface area contributed by atoms with Crippen molar-refractivity contribution in [3.05, 3.63) is 35.9 Å². The molecule has 0 radical (unpaired) electrons. The van der Waals surface area contributed by atoms with Gasteiger partial charge in [0.1, 0.15) is 0 Å². The summed E-state index contributed by atoms with van der Waals surface area (Å²) in [6.07, 6.45) is -4.21. The Morgan fingerprint density at radius 1 is 0.909 bits per heavy atom. The summed E-state index contributed by atoms with van der Waals surface area (Å²) in [5, 5.41) is 0. The van der Waals surface area contributed by atoms with E-state index in [9.17, 15) is 13.2 Å². The minimum Gasteiger partial charge on any atom is -0.166 e. The van der Waals surface area contributed by atoms with Crippen LogP contribution in [-0.2, 0) is 27.2 Å². The molecule has 1 aromatic carbocycles. The summed E-state index contributed by atoms with van der Waals surface area (Å²) in [7, 11) is 0. The van der Waals surface area contributed by atoms with Crippen molar-refractivity contribution < 1.29 is 34.2 Å². The topological polar surface area (TPSA) is 0 Å². The van der Waals surface area contributed by atoms with Crippen molar-refractivity contribution in [2.75, 3.05) is 0 Å². The van der Waals surface area contributed by atoms with E-state index in [2.05, 4.69) is 0 Å². The number of halogens is 3. The SMILES string of the molecule is FC(F)(F)c1ccccc1.[W]. The van der Waals surface area contributed by atoms with Crippen LogP contribution in [0.1, 0.15) is 5.56 Å². The summed E-state index contributed by atoms with van der Waals surface area (Å²) in [6, 6.07) is 6.36. The molecule has 0 heterocycles. The van der Waals surface area contributed by atoms with Gasteiger partial charge in [-0.1, -0.05) is 30.3 Å². The van der Waals surface area contributed by atoms with Crippen LogP contribution >= 0.6 is 0 Å². The predicted octanol–water partition coefficient (Wildman–Crippen LogP) is 2.70. The van der Waals surface area contributed by atoms with Crippen LogP contribution in [0.25, 0.3) is 0 Å². The number of hydrogen-bond donors (Lipinski definition) is 0. The van der Waals surface area contributed by atoms with Gasteiger partial charge in [-0.3, -0.25) is 0 Å². The van der Waals surface area contributed by atoms with Crippen molar-refractivity contribution in [2.45, 2.75) is 6.18 Å². The van der Waals surface area contributed by atoms with Crippen molar-refractivity contribution in [3.8, 4) is 0 Å². The van der Waals surface area contributed by atoms with Crippen LogP contribution in [-0.4, -0.2) is 0 Å². The molecule has 0 atom stereocenters. The van der Waals surface area contributed by atoms with Crippen molar-refractivity contribution in [2.24, 2.45) is 0 Å². The maximum atomic E-state index is 11.8. The maximum Gasteiger partial charge on any atom is 0.416 e. The third-order valence-electron chi connectivity index (χ3n) is 1.10. The largest absolute Gasteiger partial charge is 0.416 e. The Balaban J connectivity index is 0.000001000. The first-order chi connectivity index (χ1) is 4.61. The molecule has 1 rings (SSSR count). The average molecular weight is 330 g/mol. The van der Waals surface area contributed by atoms with Crippen LogP contribution in [0.2, 0.25) is 0 Å². The third kappa shape index (κ3) is 3.06. The molecule has 4 heteroatoms. The van der Waals surface area contributed by atoms with Crippen LogP contribution < -0.4 is 0 Å². The summed E-state index contributed by atoms with van der Waals surface area (Å²) < 4.78 is 35.4. The molecule has 0 saturated carbocycles. The van der Waals surface area contributed by atoms with Crippen LogP contribution in [0, 0.1) is 0 Å². The van der Waals surface area contributed by atoms with Crippen LogP contribution in [0.15, 0.2) is 30.3 Å². The van der Waals surface area contributed by atoms with Crippen LogP contribution in [0.5, 0.6) is 0 Å². The molecule has 0 spiro atoms. The summed E-state index contributed by atoms with van der Waals surface area (Å²) >= 11 is 0. The zero-order valence-corrected chi connectivity index (χ0v) is 8.36. The summed E-state index contributed by atoms with van der Waals surface area (Å²) in [4.78, 5) is 0. The average Bonchev–Trinajstić information content (AvgIpc) is 1.88. The minimum atomic E-state index is -4.21. The molecule has 0 unspecified atom stereocenters. The number of hydrogen-bond acceptors (Lipinski definition) is 0. The van der Waals surface area contributed by atoms with Gasteiger partial charge in [0.05, 0.1) is 5.56 Å². The fourth-order valence-electron chi connectivity index (χ4n) is 0.627. The first-order valence-electron chi connectivity index (χ1n) is 2.73. The first-order valence-corrected chi connectivity index (χ1v) is 2.73. The molecule has 0 aliphatic carbocycles. The molecule has 1 aromatic rings.